The highest BCUT2D eigenvalue weighted by molar-refractivity contribution is 5.75. The molecule has 0 spiro atoms. The highest BCUT2D eigenvalue weighted by Crippen LogP contribution is 2.40. The molecule has 0 aliphatic carbocycles. The number of piperidine rings is 1. The summed E-state index contributed by atoms with van der Waals surface area (Å²) in [6.07, 6.45) is 1.32. The van der Waals surface area contributed by atoms with Crippen molar-refractivity contribution < 1.29 is 14.6 Å². The number of carboxylic acids is 1. The average molecular weight is 243 g/mol. The van der Waals surface area contributed by atoms with E-state index in [0.29, 0.717) is 25.5 Å². The van der Waals surface area contributed by atoms with Gasteiger partial charge in [0.05, 0.1) is 5.41 Å². The van der Waals surface area contributed by atoms with Crippen molar-refractivity contribution in [3.63, 3.8) is 0 Å². The Morgan fingerprint density at radius 1 is 1.53 bits per heavy atom. The van der Waals surface area contributed by atoms with Gasteiger partial charge >= 0.3 is 5.97 Å². The Balaban J connectivity index is 2.80. The zero-order valence-electron chi connectivity index (χ0n) is 11.4. The third kappa shape index (κ3) is 3.42. The summed E-state index contributed by atoms with van der Waals surface area (Å²) in [5, 5.41) is 12.8. The normalized spacial score (nSPS) is 30.2. The molecule has 0 amide bonds. The molecule has 1 aliphatic heterocycles. The summed E-state index contributed by atoms with van der Waals surface area (Å²) in [5.74, 6) is -0.305. The van der Waals surface area contributed by atoms with Gasteiger partial charge in [-0.3, -0.25) is 4.79 Å². The van der Waals surface area contributed by atoms with E-state index in [9.17, 15) is 9.90 Å². The van der Waals surface area contributed by atoms with Crippen molar-refractivity contribution in [2.24, 2.45) is 16.7 Å². The van der Waals surface area contributed by atoms with Gasteiger partial charge in [0.15, 0.2) is 0 Å². The molecule has 0 aromatic rings. The standard InChI is InChI=1S/C13H25NO3/c1-12(2,3)10-7-13(11(15)16,5-6-17-4)9-14-8-10/h10,14H,5-9H2,1-4H3,(H,15,16)/t10-,13-/m1/s1. The first-order chi connectivity index (χ1) is 7.82. The van der Waals surface area contributed by atoms with Gasteiger partial charge in [0.2, 0.25) is 0 Å². The smallest absolute Gasteiger partial charge is 0.311 e. The van der Waals surface area contributed by atoms with E-state index in [0.717, 1.165) is 13.0 Å². The number of hydrogen-bond donors (Lipinski definition) is 2. The maximum absolute atomic E-state index is 11.6. The number of nitrogens with one attached hydrogen (secondary N) is 1. The number of ether oxygens (including phenoxy) is 1. The molecule has 17 heavy (non-hydrogen) atoms. The van der Waals surface area contributed by atoms with Gasteiger partial charge < -0.3 is 15.2 Å². The number of rotatable bonds is 4. The lowest BCUT2D eigenvalue weighted by Crippen LogP contribution is -2.52. The van der Waals surface area contributed by atoms with E-state index >= 15 is 0 Å². The van der Waals surface area contributed by atoms with Crippen LogP contribution in [0.5, 0.6) is 0 Å². The highest BCUT2D eigenvalue weighted by Gasteiger charge is 2.45. The summed E-state index contributed by atoms with van der Waals surface area (Å²) < 4.78 is 5.05. The SMILES string of the molecule is COCC[C@]1(C(=O)O)CNC[C@H](C(C)(C)C)C1. The molecule has 1 saturated heterocycles. The topological polar surface area (TPSA) is 58.6 Å². The van der Waals surface area contributed by atoms with Crippen LogP contribution in [0.25, 0.3) is 0 Å². The van der Waals surface area contributed by atoms with Crippen molar-refractivity contribution in [2.45, 2.75) is 33.6 Å². The molecule has 4 heteroatoms. The van der Waals surface area contributed by atoms with Gasteiger partial charge in [-0.1, -0.05) is 20.8 Å². The van der Waals surface area contributed by atoms with Crippen molar-refractivity contribution in [1.29, 1.82) is 0 Å². The zero-order chi connectivity index (χ0) is 13.1. The monoisotopic (exact) mass is 243 g/mol. The minimum atomic E-state index is -0.698. The highest BCUT2D eigenvalue weighted by atomic mass is 16.5. The molecule has 0 radical (unpaired) electrons. The predicted octanol–water partition coefficient (Wildman–Crippen LogP) is 1.75. The molecular formula is C13H25NO3. The van der Waals surface area contributed by atoms with Crippen LogP contribution in [0.2, 0.25) is 0 Å². The lowest BCUT2D eigenvalue weighted by Gasteiger charge is -2.43. The van der Waals surface area contributed by atoms with Crippen LogP contribution in [0.3, 0.4) is 0 Å². The maximum atomic E-state index is 11.6. The van der Waals surface area contributed by atoms with Crippen LogP contribution in [0, 0.1) is 16.7 Å². The van der Waals surface area contributed by atoms with Crippen molar-refractivity contribution >= 4 is 5.97 Å². The molecule has 4 nitrogen and oxygen atoms in total. The van der Waals surface area contributed by atoms with Gasteiger partial charge in [0.1, 0.15) is 0 Å². The lowest BCUT2D eigenvalue weighted by atomic mass is 9.66. The molecule has 1 aliphatic rings. The molecule has 100 valence electrons. The Kier molecular flexibility index (Phi) is 4.55. The molecule has 0 aromatic heterocycles. The van der Waals surface area contributed by atoms with E-state index in [-0.39, 0.29) is 5.41 Å². The van der Waals surface area contributed by atoms with Crippen LogP contribution in [-0.2, 0) is 9.53 Å². The summed E-state index contributed by atoms with van der Waals surface area (Å²) in [6.45, 7) is 8.49. The van der Waals surface area contributed by atoms with Gasteiger partial charge in [0, 0.05) is 20.3 Å². The van der Waals surface area contributed by atoms with Gasteiger partial charge in [-0.15, -0.1) is 0 Å². The zero-order valence-corrected chi connectivity index (χ0v) is 11.4. The minimum absolute atomic E-state index is 0.140. The van der Waals surface area contributed by atoms with Crippen LogP contribution in [0.4, 0.5) is 0 Å². The van der Waals surface area contributed by atoms with Crippen molar-refractivity contribution in [3.05, 3.63) is 0 Å². The fourth-order valence-corrected chi connectivity index (χ4v) is 2.47. The number of hydrogen-bond acceptors (Lipinski definition) is 3. The number of aliphatic carboxylic acids is 1. The Morgan fingerprint density at radius 2 is 2.18 bits per heavy atom. The van der Waals surface area contributed by atoms with Crippen LogP contribution in [0.15, 0.2) is 0 Å². The molecule has 1 fully saturated rings. The average Bonchev–Trinajstić information content (AvgIpc) is 2.25. The van der Waals surface area contributed by atoms with Crippen LogP contribution >= 0.6 is 0 Å². The van der Waals surface area contributed by atoms with E-state index < -0.39 is 11.4 Å². The fourth-order valence-electron chi connectivity index (χ4n) is 2.47. The molecular weight excluding hydrogens is 218 g/mol. The molecule has 0 saturated carbocycles. The first-order valence-corrected chi connectivity index (χ1v) is 6.25. The second kappa shape index (κ2) is 5.36. The van der Waals surface area contributed by atoms with Gasteiger partial charge in [-0.2, -0.15) is 0 Å². The number of carboxylic acid groups (broad SMARTS) is 1. The Bertz CT molecular complexity index is 272. The summed E-state index contributed by atoms with van der Waals surface area (Å²) in [4.78, 5) is 11.6. The molecule has 1 rings (SSSR count). The second-order valence-corrected chi connectivity index (χ2v) is 6.23. The molecule has 0 bridgehead atoms. The van der Waals surface area contributed by atoms with Crippen LogP contribution in [0.1, 0.15) is 33.6 Å². The van der Waals surface area contributed by atoms with E-state index in [2.05, 4.69) is 26.1 Å². The summed E-state index contributed by atoms with van der Waals surface area (Å²) >= 11 is 0. The van der Waals surface area contributed by atoms with E-state index in [4.69, 9.17) is 4.74 Å². The summed E-state index contributed by atoms with van der Waals surface area (Å²) in [6, 6.07) is 0. The third-order valence-electron chi connectivity index (χ3n) is 3.95. The Morgan fingerprint density at radius 3 is 2.65 bits per heavy atom. The minimum Gasteiger partial charge on any atom is -0.481 e. The van der Waals surface area contributed by atoms with Crippen LogP contribution < -0.4 is 5.32 Å². The first kappa shape index (κ1) is 14.5. The molecule has 2 atom stereocenters. The quantitative estimate of drug-likeness (QED) is 0.790. The van der Waals surface area contributed by atoms with Crippen LogP contribution in [-0.4, -0.2) is 37.9 Å². The fraction of sp³-hybridized carbons (Fsp3) is 0.923. The third-order valence-corrected chi connectivity index (χ3v) is 3.95. The number of carbonyl (C=O) groups is 1. The van der Waals surface area contributed by atoms with E-state index in [1.807, 2.05) is 0 Å². The molecule has 0 aromatic carbocycles. The lowest BCUT2D eigenvalue weighted by molar-refractivity contribution is -0.153. The first-order valence-electron chi connectivity index (χ1n) is 6.25. The second-order valence-electron chi connectivity index (χ2n) is 6.23. The van der Waals surface area contributed by atoms with Crippen molar-refractivity contribution in [3.8, 4) is 0 Å². The Hall–Kier alpha value is -0.610. The predicted molar refractivity (Wildman–Crippen MR) is 67.0 cm³/mol. The van der Waals surface area contributed by atoms with E-state index in [1.165, 1.54) is 0 Å². The summed E-state index contributed by atoms with van der Waals surface area (Å²) in [5.41, 5.74) is -0.520. The van der Waals surface area contributed by atoms with Gasteiger partial charge in [0.25, 0.3) is 0 Å². The van der Waals surface area contributed by atoms with Crippen molar-refractivity contribution in [2.75, 3.05) is 26.8 Å². The van der Waals surface area contributed by atoms with Gasteiger partial charge in [-0.25, -0.2) is 0 Å². The van der Waals surface area contributed by atoms with Crippen molar-refractivity contribution in [1.82, 2.24) is 5.32 Å². The molecule has 1 heterocycles. The molecule has 2 N–H and O–H groups in total. The number of methoxy groups -OCH3 is 1. The largest absolute Gasteiger partial charge is 0.481 e. The van der Waals surface area contributed by atoms with E-state index in [1.54, 1.807) is 7.11 Å². The van der Waals surface area contributed by atoms with Gasteiger partial charge in [-0.05, 0) is 30.7 Å². The maximum Gasteiger partial charge on any atom is 0.311 e. The summed E-state index contributed by atoms with van der Waals surface area (Å²) in [7, 11) is 1.62. The molecule has 0 unspecified atom stereocenters. The Labute approximate surface area is 104 Å².